The van der Waals surface area contributed by atoms with Crippen molar-refractivity contribution in [3.05, 3.63) is 42.2 Å². The van der Waals surface area contributed by atoms with E-state index in [-0.39, 0.29) is 48.1 Å². The Hall–Kier alpha value is -2.30. The summed E-state index contributed by atoms with van der Waals surface area (Å²) >= 11 is 0. The van der Waals surface area contributed by atoms with Gasteiger partial charge in [-0.25, -0.2) is 4.99 Å². The summed E-state index contributed by atoms with van der Waals surface area (Å²) in [4.78, 5) is 16.7. The SMILES string of the molecule is CC(C)Oc1ccc(NC(=NCc2cnn(C)c2)NCC(=O)NC(C)(C)C)cc1.I. The average Bonchev–Trinajstić information content (AvgIpc) is 3.02. The fraction of sp³-hybridized carbons (Fsp3) is 0.476. The third-order valence-corrected chi connectivity index (χ3v) is 3.60. The summed E-state index contributed by atoms with van der Waals surface area (Å²) in [7, 11) is 1.86. The number of halogens is 1. The molecule has 0 bridgehead atoms. The molecule has 1 aromatic heterocycles. The second-order valence-electron chi connectivity index (χ2n) is 8.15. The topological polar surface area (TPSA) is 92.6 Å². The molecule has 1 heterocycles. The van der Waals surface area contributed by atoms with Gasteiger partial charge in [-0.05, 0) is 58.9 Å². The predicted molar refractivity (Wildman–Crippen MR) is 131 cm³/mol. The zero-order valence-electron chi connectivity index (χ0n) is 18.5. The number of aryl methyl sites for hydroxylation is 1. The van der Waals surface area contributed by atoms with Gasteiger partial charge in [0, 0.05) is 30.0 Å². The maximum Gasteiger partial charge on any atom is 0.239 e. The lowest BCUT2D eigenvalue weighted by atomic mass is 10.1. The largest absolute Gasteiger partial charge is 0.491 e. The molecule has 30 heavy (non-hydrogen) atoms. The Morgan fingerprint density at radius 1 is 1.23 bits per heavy atom. The summed E-state index contributed by atoms with van der Waals surface area (Å²) in [6, 6.07) is 7.61. The van der Waals surface area contributed by atoms with Crippen LogP contribution in [0.3, 0.4) is 0 Å². The Bertz CT molecular complexity index is 825. The van der Waals surface area contributed by atoms with Gasteiger partial charge in [0.05, 0.1) is 25.4 Å². The fourth-order valence-electron chi connectivity index (χ4n) is 2.52. The number of nitrogens with one attached hydrogen (secondary N) is 3. The molecule has 0 unspecified atom stereocenters. The molecule has 1 aromatic carbocycles. The number of anilines is 1. The number of hydrogen-bond donors (Lipinski definition) is 3. The van der Waals surface area contributed by atoms with E-state index >= 15 is 0 Å². The predicted octanol–water partition coefficient (Wildman–Crippen LogP) is 3.30. The fourth-order valence-corrected chi connectivity index (χ4v) is 2.52. The van der Waals surface area contributed by atoms with E-state index < -0.39 is 0 Å². The van der Waals surface area contributed by atoms with Crippen molar-refractivity contribution in [2.24, 2.45) is 12.0 Å². The molecule has 0 spiro atoms. The Morgan fingerprint density at radius 2 is 1.90 bits per heavy atom. The molecule has 0 atom stereocenters. The molecule has 0 saturated carbocycles. The van der Waals surface area contributed by atoms with Crippen LogP contribution in [0.1, 0.15) is 40.2 Å². The second-order valence-corrected chi connectivity index (χ2v) is 8.15. The highest BCUT2D eigenvalue weighted by Crippen LogP contribution is 2.17. The summed E-state index contributed by atoms with van der Waals surface area (Å²) in [6.45, 7) is 10.4. The molecule has 0 radical (unpaired) electrons. The molecule has 2 rings (SSSR count). The highest BCUT2D eigenvalue weighted by atomic mass is 127. The first-order chi connectivity index (χ1) is 13.6. The van der Waals surface area contributed by atoms with Crippen molar-refractivity contribution in [2.75, 3.05) is 11.9 Å². The summed E-state index contributed by atoms with van der Waals surface area (Å²) in [6.07, 6.45) is 3.80. The minimum absolute atomic E-state index is 0. The number of carbonyl (C=O) groups is 1. The quantitative estimate of drug-likeness (QED) is 0.292. The van der Waals surface area contributed by atoms with Gasteiger partial charge in [0.15, 0.2) is 5.96 Å². The number of guanidine groups is 1. The van der Waals surface area contributed by atoms with E-state index in [4.69, 9.17) is 4.74 Å². The lowest BCUT2D eigenvalue weighted by Crippen LogP contribution is -2.46. The number of ether oxygens (including phenoxy) is 1. The maximum absolute atomic E-state index is 12.2. The maximum atomic E-state index is 12.2. The molecule has 3 N–H and O–H groups in total. The van der Waals surface area contributed by atoms with Crippen LogP contribution in [-0.2, 0) is 18.4 Å². The van der Waals surface area contributed by atoms with Gasteiger partial charge in [-0.2, -0.15) is 5.10 Å². The summed E-state index contributed by atoms with van der Waals surface area (Å²) in [5.74, 6) is 1.21. The van der Waals surface area contributed by atoms with Gasteiger partial charge in [0.1, 0.15) is 5.75 Å². The third kappa shape index (κ3) is 9.95. The smallest absolute Gasteiger partial charge is 0.239 e. The second kappa shape index (κ2) is 11.8. The molecule has 0 aliphatic rings. The molecule has 1 amide bonds. The minimum atomic E-state index is -0.286. The number of hydrogen-bond acceptors (Lipinski definition) is 4. The van der Waals surface area contributed by atoms with Crippen LogP contribution in [0.25, 0.3) is 0 Å². The first-order valence-electron chi connectivity index (χ1n) is 9.71. The molecule has 9 heteroatoms. The Balaban J connectivity index is 0.00000450. The number of carbonyl (C=O) groups excluding carboxylic acids is 1. The van der Waals surface area contributed by atoms with E-state index in [1.807, 2.05) is 72.1 Å². The van der Waals surface area contributed by atoms with Gasteiger partial charge in [0.25, 0.3) is 0 Å². The number of aliphatic imine (C=N–C) groups is 1. The normalized spacial score (nSPS) is 11.6. The summed E-state index contributed by atoms with van der Waals surface area (Å²) < 4.78 is 7.40. The molecule has 0 fully saturated rings. The van der Waals surface area contributed by atoms with Gasteiger partial charge in [0.2, 0.25) is 5.91 Å². The lowest BCUT2D eigenvalue weighted by molar-refractivity contribution is -0.121. The van der Waals surface area contributed by atoms with Gasteiger partial charge in [-0.15, -0.1) is 24.0 Å². The number of amides is 1. The number of aromatic nitrogens is 2. The van der Waals surface area contributed by atoms with Crippen molar-refractivity contribution in [1.82, 2.24) is 20.4 Å². The van der Waals surface area contributed by atoms with Crippen LogP contribution < -0.4 is 20.7 Å². The average molecular weight is 528 g/mol. The Morgan fingerprint density at radius 3 is 2.43 bits per heavy atom. The van der Waals surface area contributed by atoms with Crippen LogP contribution in [-0.4, -0.2) is 39.8 Å². The Kier molecular flexibility index (Phi) is 10.1. The third-order valence-electron chi connectivity index (χ3n) is 3.60. The monoisotopic (exact) mass is 528 g/mol. The summed E-state index contributed by atoms with van der Waals surface area (Å²) in [5.41, 5.74) is 1.54. The van der Waals surface area contributed by atoms with Crippen LogP contribution in [0, 0.1) is 0 Å². The molecular formula is C21H33IN6O2. The highest BCUT2D eigenvalue weighted by Gasteiger charge is 2.14. The van der Waals surface area contributed by atoms with E-state index in [1.54, 1.807) is 10.9 Å². The van der Waals surface area contributed by atoms with Crippen LogP contribution >= 0.6 is 24.0 Å². The lowest BCUT2D eigenvalue weighted by Gasteiger charge is -2.21. The standard InChI is InChI=1S/C21H32N6O2.HI/c1-15(2)29-18-9-7-17(8-10-18)25-20(22-11-16-12-24-27(6)14-16)23-13-19(28)26-21(3,4)5;/h7-10,12,14-15H,11,13H2,1-6H3,(H,26,28)(H2,22,23,25);1H. The van der Waals surface area contributed by atoms with Crippen molar-refractivity contribution in [3.8, 4) is 5.75 Å². The number of benzene rings is 1. The number of nitrogens with zero attached hydrogens (tertiary/aromatic N) is 3. The zero-order chi connectivity index (χ0) is 21.4. The van der Waals surface area contributed by atoms with Crippen molar-refractivity contribution in [3.63, 3.8) is 0 Å². The molecule has 0 aliphatic carbocycles. The zero-order valence-corrected chi connectivity index (χ0v) is 20.9. The van der Waals surface area contributed by atoms with Gasteiger partial charge in [-0.3, -0.25) is 9.48 Å². The van der Waals surface area contributed by atoms with Crippen molar-refractivity contribution >= 4 is 41.5 Å². The van der Waals surface area contributed by atoms with E-state index in [1.165, 1.54) is 0 Å². The number of rotatable bonds is 7. The molecule has 0 aliphatic heterocycles. The van der Waals surface area contributed by atoms with Crippen molar-refractivity contribution in [2.45, 2.75) is 52.8 Å². The highest BCUT2D eigenvalue weighted by molar-refractivity contribution is 14.0. The van der Waals surface area contributed by atoms with Crippen LogP contribution in [0.2, 0.25) is 0 Å². The van der Waals surface area contributed by atoms with Gasteiger partial charge in [-0.1, -0.05) is 0 Å². The van der Waals surface area contributed by atoms with Crippen LogP contribution in [0.5, 0.6) is 5.75 Å². The minimum Gasteiger partial charge on any atom is -0.491 e. The van der Waals surface area contributed by atoms with Gasteiger partial charge < -0.3 is 20.7 Å². The molecule has 2 aromatic rings. The van der Waals surface area contributed by atoms with Gasteiger partial charge >= 0.3 is 0 Å². The first kappa shape index (κ1) is 25.7. The van der Waals surface area contributed by atoms with Crippen LogP contribution in [0.4, 0.5) is 5.69 Å². The van der Waals surface area contributed by atoms with Crippen molar-refractivity contribution in [1.29, 1.82) is 0 Å². The molecule has 166 valence electrons. The van der Waals surface area contributed by atoms with E-state index in [0.29, 0.717) is 12.5 Å². The van der Waals surface area contributed by atoms with Crippen LogP contribution in [0.15, 0.2) is 41.7 Å². The Labute approximate surface area is 195 Å². The van der Waals surface area contributed by atoms with E-state index in [2.05, 4.69) is 26.0 Å². The summed E-state index contributed by atoms with van der Waals surface area (Å²) in [5, 5.41) is 13.4. The first-order valence-corrected chi connectivity index (χ1v) is 9.71. The van der Waals surface area contributed by atoms with E-state index in [9.17, 15) is 4.79 Å². The molecular weight excluding hydrogens is 495 g/mol. The molecule has 8 nitrogen and oxygen atoms in total. The van der Waals surface area contributed by atoms with E-state index in [0.717, 1.165) is 17.0 Å². The van der Waals surface area contributed by atoms with Crippen molar-refractivity contribution < 1.29 is 9.53 Å². The molecule has 0 saturated heterocycles.